The van der Waals surface area contributed by atoms with Crippen molar-refractivity contribution in [3.05, 3.63) is 64.0 Å². The molecule has 1 saturated heterocycles. The summed E-state index contributed by atoms with van der Waals surface area (Å²) in [6.45, 7) is 8.83. The van der Waals surface area contributed by atoms with Gasteiger partial charge in [0.1, 0.15) is 5.71 Å². The van der Waals surface area contributed by atoms with E-state index < -0.39 is 0 Å². The van der Waals surface area contributed by atoms with Gasteiger partial charge in [-0.05, 0) is 60.7 Å². The number of amides is 1. The standard InChI is InChI=1S/C24H30N4OS/c1-25-27-22(19-21-10-14-26-15-11-21)8-5-3-2-4-7-20-12-16-28(17-13-20)24(29)23-9-6-18-30-23/h6,9-11,14-15,18,20H,2-5,7-8,12-13,16-17,19H2/b27-22+. The second-order valence-electron chi connectivity index (χ2n) is 7.96. The summed E-state index contributed by atoms with van der Waals surface area (Å²) in [5.74, 6) is 0.954. The Kier molecular flexibility index (Phi) is 9.04. The number of thiophene rings is 1. The van der Waals surface area contributed by atoms with E-state index in [4.69, 9.17) is 6.57 Å². The SMILES string of the molecule is [C-]#[N+]/N=C(\CCCCCCC1CCN(C(=O)c2cccs2)CC1)Cc1ccncc1. The van der Waals surface area contributed by atoms with Crippen molar-refractivity contribution in [3.8, 4) is 0 Å². The van der Waals surface area contributed by atoms with Crippen molar-refractivity contribution < 1.29 is 4.79 Å². The molecule has 0 N–H and O–H groups in total. The maximum absolute atomic E-state index is 12.4. The first kappa shape index (κ1) is 22.2. The summed E-state index contributed by atoms with van der Waals surface area (Å²) in [4.78, 5) is 22.6. The molecule has 0 saturated carbocycles. The highest BCUT2D eigenvalue weighted by Crippen LogP contribution is 2.25. The molecule has 158 valence electrons. The van der Waals surface area contributed by atoms with Crippen molar-refractivity contribution in [2.75, 3.05) is 13.1 Å². The second kappa shape index (κ2) is 12.2. The second-order valence-corrected chi connectivity index (χ2v) is 8.91. The molecule has 0 aromatic carbocycles. The Morgan fingerprint density at radius 3 is 2.63 bits per heavy atom. The molecule has 1 aliphatic rings. The van der Waals surface area contributed by atoms with Crippen molar-refractivity contribution in [3.63, 3.8) is 0 Å². The molecule has 5 nitrogen and oxygen atoms in total. The van der Waals surface area contributed by atoms with Gasteiger partial charge in [-0.15, -0.1) is 16.3 Å². The number of carbonyl (C=O) groups excluding carboxylic acids is 1. The number of carbonyl (C=O) groups is 1. The summed E-state index contributed by atoms with van der Waals surface area (Å²) >= 11 is 1.53. The van der Waals surface area contributed by atoms with E-state index in [1.807, 2.05) is 34.5 Å². The largest absolute Gasteiger partial charge is 0.338 e. The number of hydrogen-bond donors (Lipinski definition) is 0. The first-order valence-electron chi connectivity index (χ1n) is 10.9. The molecule has 0 unspecified atom stereocenters. The molecule has 0 spiro atoms. The molecule has 0 atom stereocenters. The number of likely N-dealkylation sites (tertiary alicyclic amines) is 1. The minimum Gasteiger partial charge on any atom is -0.338 e. The van der Waals surface area contributed by atoms with Crippen LogP contribution in [0.15, 0.2) is 47.1 Å². The number of nitrogens with zero attached hydrogens (tertiary/aromatic N) is 4. The Morgan fingerprint density at radius 2 is 1.93 bits per heavy atom. The Morgan fingerprint density at radius 1 is 1.17 bits per heavy atom. The van der Waals surface area contributed by atoms with E-state index >= 15 is 0 Å². The molecule has 1 fully saturated rings. The molecule has 1 amide bonds. The van der Waals surface area contributed by atoms with Crippen LogP contribution in [-0.4, -0.2) is 34.6 Å². The molecule has 0 bridgehead atoms. The Bertz CT molecular complexity index is 834. The molecule has 6 heteroatoms. The summed E-state index contributed by atoms with van der Waals surface area (Å²) < 4.78 is 0. The van der Waals surface area contributed by atoms with Crippen molar-refractivity contribution in [1.82, 2.24) is 9.88 Å². The number of rotatable bonds is 10. The summed E-state index contributed by atoms with van der Waals surface area (Å²) in [6, 6.07) is 7.84. The minimum atomic E-state index is 0.201. The van der Waals surface area contributed by atoms with Crippen LogP contribution >= 0.6 is 11.3 Å². The van der Waals surface area contributed by atoms with Crippen LogP contribution in [-0.2, 0) is 6.42 Å². The van der Waals surface area contributed by atoms with Crippen LogP contribution < -0.4 is 0 Å². The van der Waals surface area contributed by atoms with Crippen molar-refractivity contribution in [1.29, 1.82) is 0 Å². The van der Waals surface area contributed by atoms with Crippen LogP contribution in [0.3, 0.4) is 0 Å². The lowest BCUT2D eigenvalue weighted by molar-refractivity contribution is 0.0690. The van der Waals surface area contributed by atoms with Gasteiger partial charge in [0.2, 0.25) is 0 Å². The number of piperidine rings is 1. The van der Waals surface area contributed by atoms with Crippen molar-refractivity contribution >= 4 is 23.0 Å². The fourth-order valence-corrected chi connectivity index (χ4v) is 4.77. The molecule has 0 aliphatic carbocycles. The lowest BCUT2D eigenvalue weighted by Crippen LogP contribution is -2.38. The lowest BCUT2D eigenvalue weighted by Gasteiger charge is -2.31. The summed E-state index contributed by atoms with van der Waals surface area (Å²) in [7, 11) is 0. The molecule has 2 aromatic rings. The van der Waals surface area contributed by atoms with Crippen LogP contribution in [0.25, 0.3) is 4.95 Å². The predicted molar refractivity (Wildman–Crippen MR) is 123 cm³/mol. The third-order valence-electron chi connectivity index (χ3n) is 5.81. The van der Waals surface area contributed by atoms with Gasteiger partial charge in [0, 0.05) is 31.9 Å². The topological polar surface area (TPSA) is 49.9 Å². The van der Waals surface area contributed by atoms with Gasteiger partial charge in [0.05, 0.1) is 9.98 Å². The zero-order valence-corrected chi connectivity index (χ0v) is 18.3. The average Bonchev–Trinajstić information content (AvgIpc) is 3.32. The normalized spacial score (nSPS) is 15.2. The van der Waals surface area contributed by atoms with Crippen LogP contribution in [0.2, 0.25) is 0 Å². The van der Waals surface area contributed by atoms with E-state index in [1.54, 1.807) is 12.4 Å². The third kappa shape index (κ3) is 7.07. The van der Waals surface area contributed by atoms with E-state index in [-0.39, 0.29) is 5.91 Å². The first-order valence-corrected chi connectivity index (χ1v) is 11.8. The molecule has 3 rings (SSSR count). The van der Waals surface area contributed by atoms with Gasteiger partial charge < -0.3 is 4.90 Å². The fraction of sp³-hybridized carbons (Fsp3) is 0.500. The van der Waals surface area contributed by atoms with E-state index in [1.165, 1.54) is 37.0 Å². The smallest absolute Gasteiger partial charge is 0.263 e. The number of hydrogen-bond acceptors (Lipinski definition) is 4. The van der Waals surface area contributed by atoms with Gasteiger partial charge in [-0.25, -0.2) is 0 Å². The Hall–Kier alpha value is -2.52. The summed E-state index contributed by atoms with van der Waals surface area (Å²) in [5, 5.41) is 5.97. The molecular formula is C24H30N4OS. The lowest BCUT2D eigenvalue weighted by atomic mass is 9.91. The monoisotopic (exact) mass is 422 g/mol. The summed E-state index contributed by atoms with van der Waals surface area (Å²) in [6.07, 6.45) is 13.5. The van der Waals surface area contributed by atoms with Gasteiger partial charge in [-0.2, -0.15) is 6.57 Å². The van der Waals surface area contributed by atoms with Crippen LogP contribution in [0.1, 0.15) is 66.6 Å². The number of pyridine rings is 1. The predicted octanol–water partition coefficient (Wildman–Crippen LogP) is 5.85. The maximum Gasteiger partial charge on any atom is 0.263 e. The number of aromatic nitrogens is 1. The first-order chi connectivity index (χ1) is 14.8. The Labute approximate surface area is 183 Å². The van der Waals surface area contributed by atoms with Crippen LogP contribution in [0, 0.1) is 12.5 Å². The molecule has 30 heavy (non-hydrogen) atoms. The number of unbranched alkanes of at least 4 members (excludes halogenated alkanes) is 3. The highest BCUT2D eigenvalue weighted by atomic mass is 32.1. The molecule has 1 aliphatic heterocycles. The average molecular weight is 423 g/mol. The zero-order valence-electron chi connectivity index (χ0n) is 17.5. The van der Waals surface area contributed by atoms with E-state index in [9.17, 15) is 4.79 Å². The minimum absolute atomic E-state index is 0.201. The van der Waals surface area contributed by atoms with Gasteiger partial charge >= 0.3 is 0 Å². The van der Waals surface area contributed by atoms with E-state index in [2.05, 4.69) is 15.0 Å². The maximum atomic E-state index is 12.4. The molecular weight excluding hydrogens is 392 g/mol. The fourth-order valence-electron chi connectivity index (χ4n) is 4.08. The Balaban J connectivity index is 1.27. The van der Waals surface area contributed by atoms with E-state index in [0.29, 0.717) is 0 Å². The third-order valence-corrected chi connectivity index (χ3v) is 6.67. The molecule has 2 aromatic heterocycles. The highest BCUT2D eigenvalue weighted by Gasteiger charge is 2.23. The molecule has 3 heterocycles. The van der Waals surface area contributed by atoms with Crippen LogP contribution in [0.5, 0.6) is 0 Å². The van der Waals surface area contributed by atoms with Crippen LogP contribution in [0.4, 0.5) is 0 Å². The summed E-state index contributed by atoms with van der Waals surface area (Å²) in [5.41, 5.74) is 2.13. The highest BCUT2D eigenvalue weighted by molar-refractivity contribution is 7.12. The van der Waals surface area contributed by atoms with Crippen molar-refractivity contribution in [2.24, 2.45) is 11.0 Å². The van der Waals surface area contributed by atoms with Gasteiger partial charge in [-0.1, -0.05) is 31.7 Å². The van der Waals surface area contributed by atoms with E-state index in [0.717, 1.165) is 67.3 Å². The van der Waals surface area contributed by atoms with Gasteiger partial charge in [-0.3, -0.25) is 9.78 Å². The molecule has 0 radical (unpaired) electrons. The quantitative estimate of drug-likeness (QED) is 0.209. The zero-order chi connectivity index (χ0) is 21.0. The van der Waals surface area contributed by atoms with Gasteiger partial charge in [0.25, 0.3) is 5.91 Å². The van der Waals surface area contributed by atoms with Crippen molar-refractivity contribution in [2.45, 2.75) is 57.8 Å². The van der Waals surface area contributed by atoms with Gasteiger partial charge in [0.15, 0.2) is 0 Å².